The van der Waals surface area contributed by atoms with Gasteiger partial charge < -0.3 is 14.7 Å². The van der Waals surface area contributed by atoms with E-state index in [0.717, 1.165) is 4.90 Å². The maximum atomic E-state index is 12.8. The average Bonchev–Trinajstić information content (AvgIpc) is 2.84. The lowest BCUT2D eigenvalue weighted by atomic mass is 9.96. The van der Waals surface area contributed by atoms with Gasteiger partial charge in [0.25, 0.3) is 0 Å². The van der Waals surface area contributed by atoms with Crippen LogP contribution in [0.3, 0.4) is 0 Å². The summed E-state index contributed by atoms with van der Waals surface area (Å²) in [6.45, 7) is -0.207. The molecule has 0 bridgehead atoms. The molecule has 2 heterocycles. The third-order valence-electron chi connectivity index (χ3n) is 3.88. The van der Waals surface area contributed by atoms with Gasteiger partial charge in [-0.1, -0.05) is 0 Å². The molecule has 0 aromatic heterocycles. The van der Waals surface area contributed by atoms with Crippen molar-refractivity contribution in [3.8, 4) is 0 Å². The van der Waals surface area contributed by atoms with Gasteiger partial charge in [-0.3, -0.25) is 9.59 Å². The fourth-order valence-electron chi connectivity index (χ4n) is 2.76. The van der Waals surface area contributed by atoms with E-state index in [9.17, 15) is 22.8 Å². The predicted molar refractivity (Wildman–Crippen MR) is 60.8 cm³/mol. The first-order valence-electron chi connectivity index (χ1n) is 6.46. The molecule has 0 spiro atoms. The van der Waals surface area contributed by atoms with Crippen molar-refractivity contribution >= 4 is 11.9 Å². The number of aliphatic carboxylic acids is 1. The number of carboxylic acid groups (broad SMARTS) is 1. The molecule has 20 heavy (non-hydrogen) atoms. The smallest absolute Gasteiger partial charge is 0.394 e. The van der Waals surface area contributed by atoms with E-state index in [1.165, 1.54) is 0 Å². The number of hydrogen-bond acceptors (Lipinski definition) is 3. The normalized spacial score (nSPS) is 31.4. The summed E-state index contributed by atoms with van der Waals surface area (Å²) >= 11 is 0. The van der Waals surface area contributed by atoms with Crippen LogP contribution in [0.1, 0.15) is 12.8 Å². The van der Waals surface area contributed by atoms with Crippen molar-refractivity contribution in [3.63, 3.8) is 0 Å². The maximum absolute atomic E-state index is 12.8. The highest BCUT2D eigenvalue weighted by atomic mass is 19.4. The molecule has 1 N–H and O–H groups in total. The fraction of sp³-hybridized carbons (Fsp3) is 0.833. The van der Waals surface area contributed by atoms with Crippen LogP contribution in [0.25, 0.3) is 0 Å². The first kappa shape index (κ1) is 15.1. The fourth-order valence-corrected chi connectivity index (χ4v) is 2.76. The quantitative estimate of drug-likeness (QED) is 0.829. The Morgan fingerprint density at radius 2 is 1.95 bits per heavy atom. The van der Waals surface area contributed by atoms with E-state index in [2.05, 4.69) is 0 Å². The number of alkyl halides is 3. The number of halogens is 3. The number of likely N-dealkylation sites (tertiary alicyclic amines) is 1. The molecular weight excluding hydrogens is 279 g/mol. The number of amides is 1. The highest BCUT2D eigenvalue weighted by Gasteiger charge is 2.53. The van der Waals surface area contributed by atoms with E-state index >= 15 is 0 Å². The Kier molecular flexibility index (Phi) is 4.22. The monoisotopic (exact) mass is 295 g/mol. The first-order valence-corrected chi connectivity index (χ1v) is 6.46. The largest absolute Gasteiger partial charge is 0.481 e. The molecule has 0 aromatic rings. The van der Waals surface area contributed by atoms with E-state index in [4.69, 9.17) is 9.84 Å². The van der Waals surface area contributed by atoms with Gasteiger partial charge in [0, 0.05) is 19.7 Å². The Morgan fingerprint density at radius 1 is 1.25 bits per heavy atom. The summed E-state index contributed by atoms with van der Waals surface area (Å²) in [5, 5.41) is 8.89. The minimum Gasteiger partial charge on any atom is -0.481 e. The van der Waals surface area contributed by atoms with Crippen molar-refractivity contribution in [2.75, 3.05) is 26.3 Å². The number of carboxylic acids is 1. The molecule has 0 aromatic carbocycles. The van der Waals surface area contributed by atoms with Crippen molar-refractivity contribution < 1.29 is 32.6 Å². The zero-order valence-electron chi connectivity index (χ0n) is 10.7. The molecule has 5 nitrogen and oxygen atoms in total. The number of nitrogens with zero attached hydrogens (tertiary/aromatic N) is 1. The van der Waals surface area contributed by atoms with Crippen molar-refractivity contribution in [1.82, 2.24) is 4.90 Å². The highest BCUT2D eigenvalue weighted by molar-refractivity contribution is 5.81. The number of rotatable bonds is 2. The Hall–Kier alpha value is -1.31. The lowest BCUT2D eigenvalue weighted by Crippen LogP contribution is -2.39. The maximum Gasteiger partial charge on any atom is 0.394 e. The van der Waals surface area contributed by atoms with Crippen LogP contribution in [0.5, 0.6) is 0 Å². The molecule has 2 saturated heterocycles. The average molecular weight is 295 g/mol. The van der Waals surface area contributed by atoms with Crippen LogP contribution < -0.4 is 0 Å². The van der Waals surface area contributed by atoms with E-state index in [1.807, 2.05) is 0 Å². The molecule has 2 aliphatic rings. The Morgan fingerprint density at radius 3 is 2.40 bits per heavy atom. The van der Waals surface area contributed by atoms with Crippen LogP contribution in [0.15, 0.2) is 0 Å². The van der Waals surface area contributed by atoms with Gasteiger partial charge >= 0.3 is 12.1 Å². The van der Waals surface area contributed by atoms with Gasteiger partial charge in [0.1, 0.15) is 0 Å². The lowest BCUT2D eigenvalue weighted by Gasteiger charge is -2.26. The third kappa shape index (κ3) is 3.05. The van der Waals surface area contributed by atoms with Crippen LogP contribution in [0.4, 0.5) is 13.2 Å². The van der Waals surface area contributed by atoms with Crippen LogP contribution in [-0.4, -0.2) is 54.4 Å². The lowest BCUT2D eigenvalue weighted by molar-refractivity contribution is -0.188. The Balaban J connectivity index is 2.07. The van der Waals surface area contributed by atoms with E-state index in [-0.39, 0.29) is 13.2 Å². The van der Waals surface area contributed by atoms with Crippen molar-refractivity contribution in [2.24, 2.45) is 17.8 Å². The van der Waals surface area contributed by atoms with Crippen LogP contribution in [-0.2, 0) is 14.3 Å². The summed E-state index contributed by atoms with van der Waals surface area (Å²) in [7, 11) is 0. The summed E-state index contributed by atoms with van der Waals surface area (Å²) in [4.78, 5) is 24.1. The molecule has 2 fully saturated rings. The second-order valence-electron chi connectivity index (χ2n) is 5.25. The molecular formula is C12H16F3NO4. The van der Waals surface area contributed by atoms with Gasteiger partial charge in [0.2, 0.25) is 5.91 Å². The van der Waals surface area contributed by atoms with Gasteiger partial charge in [-0.05, 0) is 12.8 Å². The van der Waals surface area contributed by atoms with Gasteiger partial charge in [-0.25, -0.2) is 0 Å². The summed E-state index contributed by atoms with van der Waals surface area (Å²) in [5.74, 6) is -5.97. The minimum absolute atomic E-state index is 0.198. The molecule has 1 amide bonds. The van der Waals surface area contributed by atoms with Crippen molar-refractivity contribution in [2.45, 2.75) is 19.0 Å². The van der Waals surface area contributed by atoms with Gasteiger partial charge in [0.05, 0.1) is 24.4 Å². The van der Waals surface area contributed by atoms with Crippen LogP contribution in [0, 0.1) is 17.8 Å². The minimum atomic E-state index is -4.61. The second-order valence-corrected chi connectivity index (χ2v) is 5.25. The SMILES string of the molecule is O=C(O)[C@@H]1CN(C(=O)C2CCCOC2)C[C@H]1C(F)(F)F. The molecule has 2 aliphatic heterocycles. The number of ether oxygens (including phenoxy) is 1. The standard InChI is InChI=1S/C12H16F3NO4/c13-12(14,15)9-5-16(4-8(9)11(18)19)10(17)7-2-1-3-20-6-7/h7-9H,1-6H2,(H,18,19)/t7?,8-,9-/m1/s1. The Labute approximate surface area is 113 Å². The summed E-state index contributed by atoms with van der Waals surface area (Å²) in [6, 6.07) is 0. The third-order valence-corrected chi connectivity index (χ3v) is 3.88. The first-order chi connectivity index (χ1) is 9.30. The van der Waals surface area contributed by atoms with Gasteiger partial charge in [0.15, 0.2) is 0 Å². The molecule has 8 heteroatoms. The van der Waals surface area contributed by atoms with E-state index in [1.54, 1.807) is 0 Å². The second kappa shape index (κ2) is 5.59. The summed E-state index contributed by atoms with van der Waals surface area (Å²) in [5.41, 5.74) is 0. The topological polar surface area (TPSA) is 66.8 Å². The molecule has 114 valence electrons. The van der Waals surface area contributed by atoms with E-state index < -0.39 is 42.4 Å². The molecule has 3 atom stereocenters. The summed E-state index contributed by atoms with van der Waals surface area (Å²) < 4.78 is 43.6. The van der Waals surface area contributed by atoms with Crippen LogP contribution >= 0.6 is 0 Å². The molecule has 2 rings (SSSR count). The molecule has 0 aliphatic carbocycles. The number of carbonyl (C=O) groups excluding carboxylic acids is 1. The molecule has 0 radical (unpaired) electrons. The van der Waals surface area contributed by atoms with Crippen LogP contribution in [0.2, 0.25) is 0 Å². The Bertz CT molecular complexity index is 393. The van der Waals surface area contributed by atoms with Crippen molar-refractivity contribution in [3.05, 3.63) is 0 Å². The number of carbonyl (C=O) groups is 2. The van der Waals surface area contributed by atoms with Gasteiger partial charge in [-0.15, -0.1) is 0 Å². The zero-order valence-corrected chi connectivity index (χ0v) is 10.7. The van der Waals surface area contributed by atoms with Crippen molar-refractivity contribution in [1.29, 1.82) is 0 Å². The van der Waals surface area contributed by atoms with E-state index in [0.29, 0.717) is 19.4 Å². The molecule has 1 unspecified atom stereocenters. The molecule has 0 saturated carbocycles. The summed E-state index contributed by atoms with van der Waals surface area (Å²) in [6.07, 6.45) is -3.35. The predicted octanol–water partition coefficient (Wildman–Crippen LogP) is 1.13. The number of hydrogen-bond donors (Lipinski definition) is 1. The zero-order chi connectivity index (χ0) is 14.9. The highest BCUT2D eigenvalue weighted by Crippen LogP contribution is 2.38. The van der Waals surface area contributed by atoms with Gasteiger partial charge in [-0.2, -0.15) is 13.2 Å².